The van der Waals surface area contributed by atoms with Gasteiger partial charge in [0.15, 0.2) is 0 Å². The highest BCUT2D eigenvalue weighted by Gasteiger charge is 2.25. The molecule has 1 aliphatic rings. The molecule has 1 heterocycles. The molecule has 1 saturated heterocycles. The summed E-state index contributed by atoms with van der Waals surface area (Å²) in [6, 6.07) is 5.58. The molecular weight excluding hydrogens is 260 g/mol. The molecule has 0 aliphatic carbocycles. The monoisotopic (exact) mass is 270 g/mol. The highest BCUT2D eigenvalue weighted by atomic mass is 79.9. The standard InChI is InChI=1S/C11H11BrO3/c1-7(13)15-11-4-2-3-10(12)9(11)5-8-6-14-8/h2-4,8H,5-6H2,1H3. The van der Waals surface area contributed by atoms with Crippen molar-refractivity contribution in [2.45, 2.75) is 19.4 Å². The summed E-state index contributed by atoms with van der Waals surface area (Å²) in [5.74, 6) is 0.318. The minimum Gasteiger partial charge on any atom is -0.426 e. The Bertz CT molecular complexity index is 385. The lowest BCUT2D eigenvalue weighted by molar-refractivity contribution is -0.131. The molecule has 0 amide bonds. The quantitative estimate of drug-likeness (QED) is 0.481. The lowest BCUT2D eigenvalue weighted by Gasteiger charge is -2.09. The van der Waals surface area contributed by atoms with Gasteiger partial charge < -0.3 is 9.47 Å². The van der Waals surface area contributed by atoms with Gasteiger partial charge in [0.25, 0.3) is 0 Å². The third kappa shape index (κ3) is 2.79. The first kappa shape index (κ1) is 10.6. The van der Waals surface area contributed by atoms with Gasteiger partial charge in [-0.1, -0.05) is 22.0 Å². The number of benzene rings is 1. The number of ether oxygens (including phenoxy) is 2. The zero-order chi connectivity index (χ0) is 10.8. The van der Waals surface area contributed by atoms with E-state index in [1.807, 2.05) is 12.1 Å². The van der Waals surface area contributed by atoms with Crippen molar-refractivity contribution in [3.63, 3.8) is 0 Å². The Kier molecular flexibility index (Phi) is 3.07. The van der Waals surface area contributed by atoms with Crippen LogP contribution in [0.3, 0.4) is 0 Å². The number of hydrogen-bond acceptors (Lipinski definition) is 3. The summed E-state index contributed by atoms with van der Waals surface area (Å²) in [6.07, 6.45) is 1.06. The summed E-state index contributed by atoms with van der Waals surface area (Å²) in [5.41, 5.74) is 0.996. The zero-order valence-electron chi connectivity index (χ0n) is 8.33. The Morgan fingerprint density at radius 2 is 2.40 bits per heavy atom. The van der Waals surface area contributed by atoms with Crippen LogP contribution in [0.2, 0.25) is 0 Å². The summed E-state index contributed by atoms with van der Waals surface area (Å²) in [7, 11) is 0. The zero-order valence-corrected chi connectivity index (χ0v) is 9.91. The number of carbonyl (C=O) groups is 1. The normalized spacial score (nSPS) is 18.7. The molecule has 1 fully saturated rings. The molecule has 80 valence electrons. The van der Waals surface area contributed by atoms with Crippen molar-refractivity contribution in [3.05, 3.63) is 28.2 Å². The van der Waals surface area contributed by atoms with Crippen molar-refractivity contribution in [1.29, 1.82) is 0 Å². The minimum atomic E-state index is -0.300. The summed E-state index contributed by atoms with van der Waals surface area (Å²) in [4.78, 5) is 10.9. The van der Waals surface area contributed by atoms with E-state index >= 15 is 0 Å². The number of esters is 1. The molecule has 0 N–H and O–H groups in total. The molecule has 4 heteroatoms. The van der Waals surface area contributed by atoms with Gasteiger partial charge in [-0.15, -0.1) is 0 Å². The molecule has 3 nitrogen and oxygen atoms in total. The first-order valence-electron chi connectivity index (χ1n) is 4.74. The second-order valence-corrected chi connectivity index (χ2v) is 4.32. The maximum Gasteiger partial charge on any atom is 0.308 e. The van der Waals surface area contributed by atoms with Gasteiger partial charge in [-0.2, -0.15) is 0 Å². The summed E-state index contributed by atoms with van der Waals surface area (Å²) >= 11 is 3.45. The fourth-order valence-electron chi connectivity index (χ4n) is 1.40. The average Bonchev–Trinajstić information content (AvgIpc) is 2.94. The van der Waals surface area contributed by atoms with Crippen LogP contribution in [0.1, 0.15) is 12.5 Å². The van der Waals surface area contributed by atoms with E-state index in [1.54, 1.807) is 6.07 Å². The second-order valence-electron chi connectivity index (χ2n) is 3.47. The van der Waals surface area contributed by atoms with E-state index < -0.39 is 0 Å². The average molecular weight is 271 g/mol. The van der Waals surface area contributed by atoms with Gasteiger partial charge >= 0.3 is 5.97 Å². The summed E-state index contributed by atoms with van der Waals surface area (Å²) < 4.78 is 11.3. The third-order valence-corrected chi connectivity index (χ3v) is 2.91. The molecule has 0 aromatic heterocycles. The fourth-order valence-corrected chi connectivity index (χ4v) is 1.91. The molecular formula is C11H11BrO3. The Labute approximate surface area is 96.5 Å². The molecule has 0 saturated carbocycles. The Morgan fingerprint density at radius 3 is 3.00 bits per heavy atom. The number of carbonyl (C=O) groups excluding carboxylic acids is 1. The van der Waals surface area contributed by atoms with Crippen molar-refractivity contribution in [3.8, 4) is 5.75 Å². The first-order chi connectivity index (χ1) is 7.16. The largest absolute Gasteiger partial charge is 0.426 e. The first-order valence-corrected chi connectivity index (χ1v) is 5.53. The van der Waals surface area contributed by atoms with Gasteiger partial charge in [-0.3, -0.25) is 4.79 Å². The molecule has 1 aliphatic heterocycles. The van der Waals surface area contributed by atoms with E-state index in [2.05, 4.69) is 15.9 Å². The molecule has 0 spiro atoms. The van der Waals surface area contributed by atoms with Crippen LogP contribution in [0.5, 0.6) is 5.75 Å². The van der Waals surface area contributed by atoms with E-state index in [4.69, 9.17) is 9.47 Å². The molecule has 1 aromatic rings. The molecule has 15 heavy (non-hydrogen) atoms. The number of epoxide rings is 1. The Balaban J connectivity index is 2.25. The van der Waals surface area contributed by atoms with Crippen LogP contribution < -0.4 is 4.74 Å². The van der Waals surface area contributed by atoms with Gasteiger partial charge in [0.2, 0.25) is 0 Å². The lowest BCUT2D eigenvalue weighted by Crippen LogP contribution is -2.06. The smallest absolute Gasteiger partial charge is 0.308 e. The predicted molar refractivity (Wildman–Crippen MR) is 58.9 cm³/mol. The van der Waals surface area contributed by atoms with E-state index in [-0.39, 0.29) is 12.1 Å². The van der Waals surface area contributed by atoms with Gasteiger partial charge in [0.05, 0.1) is 12.7 Å². The van der Waals surface area contributed by atoms with Gasteiger partial charge in [-0.25, -0.2) is 0 Å². The van der Waals surface area contributed by atoms with E-state index in [1.165, 1.54) is 6.92 Å². The van der Waals surface area contributed by atoms with Crippen LogP contribution in [-0.4, -0.2) is 18.7 Å². The predicted octanol–water partition coefficient (Wildman–Crippen LogP) is 2.32. The van der Waals surface area contributed by atoms with Crippen LogP contribution in [0.4, 0.5) is 0 Å². The van der Waals surface area contributed by atoms with Gasteiger partial charge in [0.1, 0.15) is 5.75 Å². The molecule has 1 atom stereocenters. The van der Waals surface area contributed by atoms with Gasteiger partial charge in [0, 0.05) is 23.4 Å². The molecule has 0 bridgehead atoms. The van der Waals surface area contributed by atoms with Crippen LogP contribution in [0.15, 0.2) is 22.7 Å². The van der Waals surface area contributed by atoms with E-state index in [0.29, 0.717) is 5.75 Å². The van der Waals surface area contributed by atoms with Crippen molar-refractivity contribution >= 4 is 21.9 Å². The van der Waals surface area contributed by atoms with Crippen molar-refractivity contribution < 1.29 is 14.3 Å². The highest BCUT2D eigenvalue weighted by Crippen LogP contribution is 2.30. The van der Waals surface area contributed by atoms with Crippen LogP contribution in [0, 0.1) is 0 Å². The van der Waals surface area contributed by atoms with E-state index in [9.17, 15) is 4.79 Å². The second kappa shape index (κ2) is 4.33. The number of halogens is 1. The topological polar surface area (TPSA) is 38.8 Å². The van der Waals surface area contributed by atoms with Crippen LogP contribution in [-0.2, 0) is 16.0 Å². The van der Waals surface area contributed by atoms with Crippen LogP contribution >= 0.6 is 15.9 Å². The van der Waals surface area contributed by atoms with Crippen molar-refractivity contribution in [2.75, 3.05) is 6.61 Å². The molecule has 0 radical (unpaired) electrons. The third-order valence-electron chi connectivity index (χ3n) is 2.16. The minimum absolute atomic E-state index is 0.276. The van der Waals surface area contributed by atoms with Crippen molar-refractivity contribution in [2.24, 2.45) is 0 Å². The van der Waals surface area contributed by atoms with Crippen LogP contribution in [0.25, 0.3) is 0 Å². The maximum atomic E-state index is 10.9. The molecule has 1 unspecified atom stereocenters. The fraction of sp³-hybridized carbons (Fsp3) is 0.364. The SMILES string of the molecule is CC(=O)Oc1cccc(Br)c1CC1CO1. The lowest BCUT2D eigenvalue weighted by atomic mass is 10.1. The van der Waals surface area contributed by atoms with Crippen molar-refractivity contribution in [1.82, 2.24) is 0 Å². The number of hydrogen-bond donors (Lipinski definition) is 0. The highest BCUT2D eigenvalue weighted by molar-refractivity contribution is 9.10. The molecule has 1 aromatic carbocycles. The Morgan fingerprint density at radius 1 is 1.67 bits per heavy atom. The van der Waals surface area contributed by atoms with E-state index in [0.717, 1.165) is 23.1 Å². The summed E-state index contributed by atoms with van der Waals surface area (Å²) in [5, 5.41) is 0. The summed E-state index contributed by atoms with van der Waals surface area (Å²) in [6.45, 7) is 2.19. The Hall–Kier alpha value is -0.870. The number of rotatable bonds is 3. The maximum absolute atomic E-state index is 10.9. The molecule has 2 rings (SSSR count). The van der Waals surface area contributed by atoms with Gasteiger partial charge in [-0.05, 0) is 12.1 Å².